The van der Waals surface area contributed by atoms with E-state index in [-0.39, 0.29) is 11.4 Å². The quantitative estimate of drug-likeness (QED) is 0.127. The van der Waals surface area contributed by atoms with Gasteiger partial charge in [-0.1, -0.05) is 82.8 Å². The van der Waals surface area contributed by atoms with E-state index in [9.17, 15) is 0 Å². The van der Waals surface area contributed by atoms with Gasteiger partial charge >= 0.3 is 0 Å². The number of hydrogen-bond acceptors (Lipinski definition) is 2. The van der Waals surface area contributed by atoms with Crippen LogP contribution in [0, 0.1) is 11.6 Å². The molecule has 0 N–H and O–H groups in total. The maximum atomic E-state index is 16.4. The van der Waals surface area contributed by atoms with Gasteiger partial charge in [-0.3, -0.25) is 0 Å². The molecule has 0 saturated carbocycles. The van der Waals surface area contributed by atoms with Crippen LogP contribution in [-0.2, 0) is 12.8 Å². The summed E-state index contributed by atoms with van der Waals surface area (Å²) in [4.78, 5) is 3.54. The minimum atomic E-state index is -0.527. The van der Waals surface area contributed by atoms with Gasteiger partial charge in [0.05, 0.1) is 11.4 Å². The lowest BCUT2D eigenvalue weighted by Gasteiger charge is -2.29. The zero-order valence-electron chi connectivity index (χ0n) is 25.0. The average Bonchev–Trinajstić information content (AvgIpc) is 3.04. The van der Waals surface area contributed by atoms with Crippen molar-refractivity contribution in [2.45, 2.75) is 52.4 Å². The summed E-state index contributed by atoms with van der Waals surface area (Å²) in [6, 6.07) is 34.0. The second kappa shape index (κ2) is 15.0. The van der Waals surface area contributed by atoms with Gasteiger partial charge in [-0.05, 0) is 110 Å². The predicted molar refractivity (Wildman–Crippen MR) is 188 cm³/mol. The van der Waals surface area contributed by atoms with Crippen LogP contribution < -0.4 is 9.80 Å². The average molecular weight is 719 g/mol. The molecule has 226 valence electrons. The zero-order chi connectivity index (χ0) is 31.1. The maximum Gasteiger partial charge on any atom is 0.149 e. The largest absolute Gasteiger partial charge is 0.308 e. The monoisotopic (exact) mass is 716 g/mol. The summed E-state index contributed by atoms with van der Waals surface area (Å²) >= 11 is 6.99. The molecular weight excluding hydrogens is 682 g/mol. The van der Waals surface area contributed by atoms with Gasteiger partial charge in [0, 0.05) is 43.8 Å². The first-order chi connectivity index (χ1) is 21.4. The van der Waals surface area contributed by atoms with E-state index in [1.807, 2.05) is 72.8 Å². The summed E-state index contributed by atoms with van der Waals surface area (Å²) in [5, 5.41) is 0. The molecule has 0 fully saturated rings. The van der Waals surface area contributed by atoms with E-state index < -0.39 is 11.6 Å². The molecule has 0 radical (unpaired) electrons. The number of hydrogen-bond donors (Lipinski definition) is 0. The summed E-state index contributed by atoms with van der Waals surface area (Å²) in [7, 11) is 0. The van der Waals surface area contributed by atoms with Crippen molar-refractivity contribution in [1.29, 1.82) is 0 Å². The van der Waals surface area contributed by atoms with Crippen LogP contribution in [0.15, 0.2) is 118 Å². The molecule has 0 aliphatic heterocycles. The van der Waals surface area contributed by atoms with Crippen molar-refractivity contribution in [3.63, 3.8) is 0 Å². The van der Waals surface area contributed by atoms with E-state index >= 15 is 8.78 Å². The Morgan fingerprint density at radius 2 is 0.773 bits per heavy atom. The Morgan fingerprint density at radius 1 is 0.477 bits per heavy atom. The number of benzene rings is 5. The number of unbranched alkanes of at least 4 members (excludes halogenated alkanes) is 2. The molecule has 0 heterocycles. The molecule has 0 amide bonds. The molecule has 0 atom stereocenters. The number of halogens is 4. The Kier molecular flexibility index (Phi) is 10.9. The predicted octanol–water partition coefficient (Wildman–Crippen LogP) is 13.1. The molecule has 44 heavy (non-hydrogen) atoms. The van der Waals surface area contributed by atoms with Crippen LogP contribution in [0.25, 0.3) is 0 Å². The van der Waals surface area contributed by atoms with Crippen molar-refractivity contribution >= 4 is 66.0 Å². The van der Waals surface area contributed by atoms with Crippen LogP contribution >= 0.6 is 31.9 Å². The molecule has 0 unspecified atom stereocenters. The summed E-state index contributed by atoms with van der Waals surface area (Å²) in [5.41, 5.74) is 5.69. The lowest BCUT2D eigenvalue weighted by molar-refractivity contribution is 0.602. The summed E-state index contributed by atoms with van der Waals surface area (Å²) in [5.74, 6) is -1.05. The van der Waals surface area contributed by atoms with Gasteiger partial charge in [0.25, 0.3) is 0 Å². The highest BCUT2D eigenvalue weighted by Gasteiger charge is 2.23. The van der Waals surface area contributed by atoms with Crippen LogP contribution in [0.1, 0.15) is 50.7 Å². The van der Waals surface area contributed by atoms with E-state index in [1.54, 1.807) is 9.80 Å². The van der Waals surface area contributed by atoms with Gasteiger partial charge in [-0.2, -0.15) is 0 Å². The third-order valence-electron chi connectivity index (χ3n) is 7.69. The van der Waals surface area contributed by atoms with Crippen molar-refractivity contribution in [3.05, 3.63) is 141 Å². The van der Waals surface area contributed by atoms with Crippen molar-refractivity contribution in [2.24, 2.45) is 0 Å². The fourth-order valence-electron chi connectivity index (χ4n) is 5.29. The maximum absolute atomic E-state index is 16.4. The first kappa shape index (κ1) is 31.9. The van der Waals surface area contributed by atoms with Crippen molar-refractivity contribution in [1.82, 2.24) is 0 Å². The first-order valence-corrected chi connectivity index (χ1v) is 16.7. The highest BCUT2D eigenvalue weighted by atomic mass is 79.9. The number of rotatable bonds is 12. The third-order valence-corrected chi connectivity index (χ3v) is 8.75. The third kappa shape index (κ3) is 7.59. The van der Waals surface area contributed by atoms with Gasteiger partial charge in [0.15, 0.2) is 0 Å². The molecule has 0 aliphatic rings. The van der Waals surface area contributed by atoms with Crippen LogP contribution in [0.4, 0.5) is 42.9 Å². The van der Waals surface area contributed by atoms with Crippen molar-refractivity contribution in [2.75, 3.05) is 9.80 Å². The standard InChI is InChI=1S/C38H36Br2F2N2/c1-3-5-7-27-9-17-31(18-10-27)43(33-21-13-29(39)14-22-33)37-25-36(42)38(26-35(37)41)44(34-23-15-30(40)16-24-34)32-19-11-28(12-20-32)8-6-4-2/h9-26H,3-8H2,1-2H3. The Hall–Kier alpha value is -3.48. The molecule has 6 heteroatoms. The number of aryl methyl sites for hydroxylation is 2. The molecule has 5 aromatic carbocycles. The van der Waals surface area contributed by atoms with Crippen LogP contribution in [0.2, 0.25) is 0 Å². The second-order valence-electron chi connectivity index (χ2n) is 10.9. The minimum Gasteiger partial charge on any atom is -0.308 e. The first-order valence-electron chi connectivity index (χ1n) is 15.2. The summed E-state index contributed by atoms with van der Waals surface area (Å²) < 4.78 is 34.6. The Morgan fingerprint density at radius 3 is 1.07 bits per heavy atom. The van der Waals surface area contributed by atoms with Crippen LogP contribution in [-0.4, -0.2) is 0 Å². The van der Waals surface area contributed by atoms with E-state index in [2.05, 4.69) is 70.0 Å². The Balaban J connectivity index is 1.60. The molecule has 0 spiro atoms. The zero-order valence-corrected chi connectivity index (χ0v) is 28.2. The van der Waals surface area contributed by atoms with Gasteiger partial charge in [-0.15, -0.1) is 0 Å². The van der Waals surface area contributed by atoms with Gasteiger partial charge in [-0.25, -0.2) is 8.78 Å². The smallest absolute Gasteiger partial charge is 0.149 e. The van der Waals surface area contributed by atoms with Crippen molar-refractivity contribution in [3.8, 4) is 0 Å². The SMILES string of the molecule is CCCCc1ccc(N(c2ccc(Br)cc2)c2cc(F)c(N(c3ccc(Br)cc3)c3ccc(CCCC)cc3)cc2F)cc1. The summed E-state index contributed by atoms with van der Waals surface area (Å²) in [6.07, 6.45) is 6.41. The van der Waals surface area contributed by atoms with E-state index in [0.717, 1.165) is 70.2 Å². The van der Waals surface area contributed by atoms with Crippen LogP contribution in [0.5, 0.6) is 0 Å². The highest BCUT2D eigenvalue weighted by Crippen LogP contribution is 2.42. The normalized spacial score (nSPS) is 11.0. The van der Waals surface area contributed by atoms with Crippen LogP contribution in [0.3, 0.4) is 0 Å². The fraction of sp³-hybridized carbons (Fsp3) is 0.211. The van der Waals surface area contributed by atoms with Gasteiger partial charge in [0.2, 0.25) is 0 Å². The lowest BCUT2D eigenvalue weighted by atomic mass is 10.1. The molecule has 2 nitrogen and oxygen atoms in total. The lowest BCUT2D eigenvalue weighted by Crippen LogP contribution is -2.15. The van der Waals surface area contributed by atoms with E-state index in [4.69, 9.17) is 0 Å². The highest BCUT2D eigenvalue weighted by molar-refractivity contribution is 9.10. The topological polar surface area (TPSA) is 6.48 Å². The number of anilines is 6. The van der Waals surface area contributed by atoms with Crippen molar-refractivity contribution < 1.29 is 8.78 Å². The van der Waals surface area contributed by atoms with E-state index in [0.29, 0.717) is 0 Å². The molecule has 0 aliphatic carbocycles. The van der Waals surface area contributed by atoms with E-state index in [1.165, 1.54) is 23.3 Å². The molecule has 5 rings (SSSR count). The Labute approximate surface area is 276 Å². The fourth-order valence-corrected chi connectivity index (χ4v) is 5.82. The molecular formula is C38H36Br2F2N2. The molecule has 0 bridgehead atoms. The second-order valence-corrected chi connectivity index (χ2v) is 12.8. The Bertz CT molecular complexity index is 1530. The number of nitrogens with zero attached hydrogens (tertiary/aromatic N) is 2. The minimum absolute atomic E-state index is 0.139. The summed E-state index contributed by atoms with van der Waals surface area (Å²) in [6.45, 7) is 4.34. The van der Waals surface area contributed by atoms with Gasteiger partial charge in [0.1, 0.15) is 11.6 Å². The molecule has 0 saturated heterocycles. The molecule has 0 aromatic heterocycles. The molecule has 5 aromatic rings. The van der Waals surface area contributed by atoms with Gasteiger partial charge < -0.3 is 9.80 Å².